The Morgan fingerprint density at radius 1 is 0.914 bits per heavy atom. The summed E-state index contributed by atoms with van der Waals surface area (Å²) in [4.78, 5) is 18.0. The molecule has 2 aromatic carbocycles. The quantitative estimate of drug-likeness (QED) is 0.571. The van der Waals surface area contributed by atoms with Crippen molar-refractivity contribution in [2.75, 3.05) is 50.7 Å². The summed E-state index contributed by atoms with van der Waals surface area (Å²) >= 11 is 0. The van der Waals surface area contributed by atoms with Crippen molar-refractivity contribution in [3.05, 3.63) is 60.2 Å². The SMILES string of the molecule is Cc1ccc(N2CCN(CCC3CC4(CCN(S(=O)(=O)c5ccccc5)CC4)C(=O)O3)CC2)cc1. The van der Waals surface area contributed by atoms with Crippen LogP contribution in [0, 0.1) is 12.3 Å². The minimum absolute atomic E-state index is 0.0742. The Morgan fingerprint density at radius 2 is 1.57 bits per heavy atom. The van der Waals surface area contributed by atoms with Crippen molar-refractivity contribution in [2.45, 2.75) is 43.6 Å². The minimum Gasteiger partial charge on any atom is -0.462 e. The maximum Gasteiger partial charge on any atom is 0.312 e. The first-order valence-corrected chi connectivity index (χ1v) is 14.1. The molecule has 0 aliphatic carbocycles. The summed E-state index contributed by atoms with van der Waals surface area (Å²) in [5.41, 5.74) is 2.03. The van der Waals surface area contributed by atoms with Crippen LogP contribution < -0.4 is 4.90 Å². The number of hydrogen-bond donors (Lipinski definition) is 0. The smallest absolute Gasteiger partial charge is 0.312 e. The van der Waals surface area contributed by atoms with Crippen molar-refractivity contribution in [3.8, 4) is 0 Å². The van der Waals surface area contributed by atoms with E-state index in [1.165, 1.54) is 15.6 Å². The number of sulfonamides is 1. The fourth-order valence-electron chi connectivity index (χ4n) is 5.61. The zero-order chi connectivity index (χ0) is 24.5. The van der Waals surface area contributed by atoms with Gasteiger partial charge in [-0.1, -0.05) is 35.9 Å². The van der Waals surface area contributed by atoms with Gasteiger partial charge in [0.1, 0.15) is 6.10 Å². The van der Waals surface area contributed by atoms with Crippen molar-refractivity contribution in [3.63, 3.8) is 0 Å². The molecule has 0 amide bonds. The number of piperazine rings is 1. The first-order chi connectivity index (χ1) is 16.9. The first-order valence-electron chi connectivity index (χ1n) is 12.7. The number of ether oxygens (including phenoxy) is 1. The Kier molecular flexibility index (Phi) is 6.88. The summed E-state index contributed by atoms with van der Waals surface area (Å²) in [7, 11) is -3.52. The van der Waals surface area contributed by atoms with Gasteiger partial charge in [-0.2, -0.15) is 4.31 Å². The van der Waals surface area contributed by atoms with Crippen molar-refractivity contribution >= 4 is 21.7 Å². The highest BCUT2D eigenvalue weighted by Gasteiger charge is 2.51. The molecule has 1 spiro atoms. The van der Waals surface area contributed by atoms with Gasteiger partial charge >= 0.3 is 5.97 Å². The maximum atomic E-state index is 12.9. The standard InChI is InChI=1S/C27H35N3O4S/c1-22-7-9-23(10-8-22)29-19-17-28(18-20-29)14-11-24-21-27(26(31)34-24)12-15-30(16-13-27)35(32,33)25-5-3-2-4-6-25/h2-10,24H,11-21H2,1H3. The summed E-state index contributed by atoms with van der Waals surface area (Å²) in [5.74, 6) is -0.136. The van der Waals surface area contributed by atoms with Gasteiger partial charge in [-0.15, -0.1) is 0 Å². The van der Waals surface area contributed by atoms with E-state index in [1.54, 1.807) is 24.3 Å². The Labute approximate surface area is 208 Å². The van der Waals surface area contributed by atoms with Crippen LogP contribution in [0.4, 0.5) is 5.69 Å². The lowest BCUT2D eigenvalue weighted by molar-refractivity contribution is -0.150. The van der Waals surface area contributed by atoms with Crippen molar-refractivity contribution in [2.24, 2.45) is 5.41 Å². The third kappa shape index (κ3) is 5.10. The van der Waals surface area contributed by atoms with Gasteiger partial charge in [0, 0.05) is 57.9 Å². The van der Waals surface area contributed by atoms with Crippen LogP contribution in [0.1, 0.15) is 31.2 Å². The number of aryl methyl sites for hydroxylation is 1. The first kappa shape index (κ1) is 24.3. The number of cyclic esters (lactones) is 1. The van der Waals surface area contributed by atoms with Crippen molar-refractivity contribution < 1.29 is 17.9 Å². The lowest BCUT2D eigenvalue weighted by atomic mass is 9.76. The third-order valence-corrected chi connectivity index (χ3v) is 9.84. The molecule has 3 aliphatic rings. The van der Waals surface area contributed by atoms with Crippen molar-refractivity contribution in [1.29, 1.82) is 0 Å². The molecule has 0 bridgehead atoms. The fraction of sp³-hybridized carbons (Fsp3) is 0.519. The summed E-state index contributed by atoms with van der Waals surface area (Å²) in [5, 5.41) is 0. The molecule has 1 unspecified atom stereocenters. The zero-order valence-corrected chi connectivity index (χ0v) is 21.3. The molecular formula is C27H35N3O4S. The van der Waals surface area contributed by atoms with E-state index in [0.717, 1.165) is 39.1 Å². The molecule has 3 aliphatic heterocycles. The van der Waals surface area contributed by atoms with E-state index in [1.807, 2.05) is 6.07 Å². The molecule has 3 fully saturated rings. The van der Waals surface area contributed by atoms with Gasteiger partial charge in [0.15, 0.2) is 0 Å². The lowest BCUT2D eigenvalue weighted by Crippen LogP contribution is -2.47. The third-order valence-electron chi connectivity index (χ3n) is 7.92. The number of rotatable bonds is 6. The molecule has 0 aromatic heterocycles. The average molecular weight is 498 g/mol. The van der Waals surface area contributed by atoms with Crippen molar-refractivity contribution in [1.82, 2.24) is 9.21 Å². The summed E-state index contributed by atoms with van der Waals surface area (Å²) in [6.45, 7) is 7.77. The number of benzene rings is 2. The Balaban J connectivity index is 1.10. The van der Waals surface area contributed by atoms with Gasteiger partial charge in [-0.25, -0.2) is 8.42 Å². The van der Waals surface area contributed by atoms with Gasteiger partial charge in [0.2, 0.25) is 10.0 Å². The van der Waals surface area contributed by atoms with E-state index in [0.29, 0.717) is 37.2 Å². The molecule has 188 valence electrons. The van der Waals surface area contributed by atoms with Gasteiger partial charge in [-0.3, -0.25) is 9.69 Å². The Hall–Kier alpha value is -2.42. The maximum absolute atomic E-state index is 12.9. The molecule has 0 radical (unpaired) electrons. The van der Waals surface area contributed by atoms with Crippen LogP contribution in [0.2, 0.25) is 0 Å². The van der Waals surface area contributed by atoms with Gasteiger partial charge in [-0.05, 0) is 50.5 Å². The largest absolute Gasteiger partial charge is 0.462 e. The summed E-state index contributed by atoms with van der Waals surface area (Å²) in [6, 6.07) is 17.2. The highest BCUT2D eigenvalue weighted by molar-refractivity contribution is 7.89. The topological polar surface area (TPSA) is 70.2 Å². The molecule has 35 heavy (non-hydrogen) atoms. The van der Waals surface area contributed by atoms with Gasteiger partial charge in [0.25, 0.3) is 0 Å². The second-order valence-electron chi connectivity index (χ2n) is 10.2. The summed E-state index contributed by atoms with van der Waals surface area (Å²) < 4.78 is 33.2. The molecule has 2 aromatic rings. The van der Waals surface area contributed by atoms with E-state index in [9.17, 15) is 13.2 Å². The van der Waals surface area contributed by atoms with Crippen LogP contribution in [0.3, 0.4) is 0 Å². The van der Waals surface area contributed by atoms with Crippen LogP contribution in [-0.4, -0.2) is 75.5 Å². The predicted octanol–water partition coefficient (Wildman–Crippen LogP) is 3.29. The molecule has 5 rings (SSSR count). The lowest BCUT2D eigenvalue weighted by Gasteiger charge is -2.36. The van der Waals surface area contributed by atoms with Crippen LogP contribution >= 0.6 is 0 Å². The molecule has 0 N–H and O–H groups in total. The number of carbonyl (C=O) groups excluding carboxylic acids is 1. The number of anilines is 1. The van der Waals surface area contributed by atoms with E-state index < -0.39 is 15.4 Å². The number of piperidine rings is 1. The van der Waals surface area contributed by atoms with E-state index in [-0.39, 0.29) is 12.1 Å². The van der Waals surface area contributed by atoms with Gasteiger partial charge in [0.05, 0.1) is 10.3 Å². The molecule has 8 heteroatoms. The number of nitrogens with zero attached hydrogens (tertiary/aromatic N) is 3. The predicted molar refractivity (Wildman–Crippen MR) is 136 cm³/mol. The van der Waals surface area contributed by atoms with Crippen LogP contribution in [0.25, 0.3) is 0 Å². The molecule has 3 saturated heterocycles. The zero-order valence-electron chi connectivity index (χ0n) is 20.4. The Bertz CT molecular complexity index is 1120. The molecular weight excluding hydrogens is 462 g/mol. The fourth-order valence-corrected chi connectivity index (χ4v) is 7.08. The number of hydrogen-bond acceptors (Lipinski definition) is 6. The van der Waals surface area contributed by atoms with Crippen LogP contribution in [0.5, 0.6) is 0 Å². The monoisotopic (exact) mass is 497 g/mol. The average Bonchev–Trinajstić information content (AvgIpc) is 3.18. The van der Waals surface area contributed by atoms with Crippen LogP contribution in [-0.2, 0) is 19.6 Å². The number of esters is 1. The molecule has 3 heterocycles. The van der Waals surface area contributed by atoms with E-state index in [2.05, 4.69) is 41.0 Å². The highest BCUT2D eigenvalue weighted by atomic mass is 32.2. The molecule has 1 atom stereocenters. The normalized spacial score (nSPS) is 23.5. The van der Waals surface area contributed by atoms with E-state index >= 15 is 0 Å². The Morgan fingerprint density at radius 3 is 2.23 bits per heavy atom. The molecule has 7 nitrogen and oxygen atoms in total. The highest BCUT2D eigenvalue weighted by Crippen LogP contribution is 2.44. The molecule has 0 saturated carbocycles. The second kappa shape index (κ2) is 9.91. The van der Waals surface area contributed by atoms with Gasteiger partial charge < -0.3 is 9.64 Å². The van der Waals surface area contributed by atoms with E-state index in [4.69, 9.17) is 4.74 Å². The number of carbonyl (C=O) groups is 1. The van der Waals surface area contributed by atoms with Crippen LogP contribution in [0.15, 0.2) is 59.5 Å². The second-order valence-corrected chi connectivity index (χ2v) is 12.1. The summed E-state index contributed by atoms with van der Waals surface area (Å²) in [6.07, 6.45) is 2.53. The minimum atomic E-state index is -3.52.